The van der Waals surface area contributed by atoms with Crippen LogP contribution in [0.25, 0.3) is 0 Å². The topological polar surface area (TPSA) is 121 Å². The monoisotopic (exact) mass is 473 g/mol. The molecule has 1 amide bonds. The van der Waals surface area contributed by atoms with Gasteiger partial charge in [0.05, 0.1) is 17.4 Å². The first kappa shape index (κ1) is 22.6. The van der Waals surface area contributed by atoms with Crippen LogP contribution < -0.4 is 21.3 Å². The van der Waals surface area contributed by atoms with Crippen LogP contribution in [0.5, 0.6) is 0 Å². The Labute approximate surface area is 195 Å². The second-order valence-electron chi connectivity index (χ2n) is 8.11. The van der Waals surface area contributed by atoms with Crippen molar-refractivity contribution in [1.82, 2.24) is 4.98 Å². The molecule has 0 spiro atoms. The molecule has 4 rings (SSSR count). The third-order valence-corrected chi connectivity index (χ3v) is 7.94. The first-order valence-electron chi connectivity index (χ1n) is 10.6. The van der Waals surface area contributed by atoms with Crippen molar-refractivity contribution in [2.24, 2.45) is 5.73 Å². The highest BCUT2D eigenvalue weighted by Crippen LogP contribution is 2.32. The van der Waals surface area contributed by atoms with Crippen LogP contribution >= 0.6 is 23.1 Å². The lowest BCUT2D eigenvalue weighted by molar-refractivity contribution is -0.136. The highest BCUT2D eigenvalue weighted by molar-refractivity contribution is 8.03. The van der Waals surface area contributed by atoms with Gasteiger partial charge < -0.3 is 26.4 Å². The number of aromatic nitrogens is 1. The van der Waals surface area contributed by atoms with Crippen LogP contribution in [0.4, 0.5) is 16.5 Å². The number of thiazole rings is 1. The molecule has 2 aromatic rings. The molecule has 0 radical (unpaired) electrons. The van der Waals surface area contributed by atoms with Gasteiger partial charge in [0.1, 0.15) is 10.9 Å². The van der Waals surface area contributed by atoms with Crippen molar-refractivity contribution >= 4 is 51.5 Å². The van der Waals surface area contributed by atoms with Crippen LogP contribution in [-0.4, -0.2) is 51.9 Å². The second-order valence-corrected chi connectivity index (χ2v) is 10.0. The van der Waals surface area contributed by atoms with E-state index < -0.39 is 11.2 Å². The van der Waals surface area contributed by atoms with Gasteiger partial charge in [0, 0.05) is 24.0 Å². The summed E-state index contributed by atoms with van der Waals surface area (Å²) in [5, 5.41) is 18.7. The Hall–Kier alpha value is -2.56. The van der Waals surface area contributed by atoms with Gasteiger partial charge in [0.25, 0.3) is 5.91 Å². The molecule has 3 heterocycles. The minimum atomic E-state index is -0.882. The average Bonchev–Trinajstić information content (AvgIpc) is 3.45. The number of rotatable bonds is 7. The number of carbonyl (C=O) groups is 2. The maximum Gasteiger partial charge on any atom is 0.319 e. The Morgan fingerprint density at radius 2 is 2.06 bits per heavy atom. The molecule has 5 N–H and O–H groups in total. The third kappa shape index (κ3) is 4.92. The number of nitrogens with two attached hydrogens (primary N) is 1. The van der Waals surface area contributed by atoms with Crippen molar-refractivity contribution < 1.29 is 14.7 Å². The van der Waals surface area contributed by atoms with Crippen LogP contribution in [0.1, 0.15) is 36.7 Å². The van der Waals surface area contributed by atoms with E-state index in [1.54, 1.807) is 16.9 Å². The minimum absolute atomic E-state index is 0.106. The fourth-order valence-electron chi connectivity index (χ4n) is 3.91. The first-order chi connectivity index (χ1) is 15.4. The first-order valence-corrected chi connectivity index (χ1v) is 12.4. The normalized spacial score (nSPS) is 22.0. The molecule has 1 aromatic heterocycles. The summed E-state index contributed by atoms with van der Waals surface area (Å²) in [6, 6.07) is 7.39. The number of nitrogens with zero attached hydrogens (tertiary/aromatic N) is 2. The van der Waals surface area contributed by atoms with Crippen molar-refractivity contribution in [3.63, 3.8) is 0 Å². The third-order valence-electron chi connectivity index (χ3n) is 6.06. The number of anilines is 3. The zero-order valence-corrected chi connectivity index (χ0v) is 19.4. The number of nitrogens with one attached hydrogen (secondary N) is 2. The van der Waals surface area contributed by atoms with Gasteiger partial charge in [-0.25, -0.2) is 4.98 Å². The number of piperidine rings is 1. The number of carboxylic acid groups (broad SMARTS) is 1. The Balaban J connectivity index is 1.42. The number of carboxylic acids is 1. The van der Waals surface area contributed by atoms with E-state index in [0.29, 0.717) is 10.8 Å². The molecular formula is C22H27N5O3S2. The quantitative estimate of drug-likeness (QED) is 0.481. The summed E-state index contributed by atoms with van der Waals surface area (Å²) in [5.41, 5.74) is 8.33. The van der Waals surface area contributed by atoms with E-state index >= 15 is 0 Å². The molecule has 32 heavy (non-hydrogen) atoms. The van der Waals surface area contributed by atoms with E-state index in [2.05, 4.69) is 27.4 Å². The van der Waals surface area contributed by atoms with Gasteiger partial charge in [-0.2, -0.15) is 0 Å². The van der Waals surface area contributed by atoms with E-state index in [-0.39, 0.29) is 17.5 Å². The Morgan fingerprint density at radius 3 is 2.78 bits per heavy atom. The fraction of sp³-hybridized carbons (Fsp3) is 0.409. The zero-order valence-electron chi connectivity index (χ0n) is 17.8. The number of benzene rings is 1. The average molecular weight is 474 g/mol. The van der Waals surface area contributed by atoms with Crippen LogP contribution in [-0.2, 0) is 4.79 Å². The summed E-state index contributed by atoms with van der Waals surface area (Å²) in [6.07, 6.45) is 4.59. The van der Waals surface area contributed by atoms with Gasteiger partial charge in [0.15, 0.2) is 5.13 Å². The van der Waals surface area contributed by atoms with E-state index in [0.717, 1.165) is 43.7 Å². The number of amides is 1. The molecule has 170 valence electrons. The largest absolute Gasteiger partial charge is 0.480 e. The SMILES string of the molecule is CCC1(N)CCN(c2ccccc2NC(=O)c2csc(NC3C=CSC3C(=O)O)n2)CC1. The molecule has 2 unspecified atom stereocenters. The summed E-state index contributed by atoms with van der Waals surface area (Å²) in [6.45, 7) is 3.82. The predicted octanol–water partition coefficient (Wildman–Crippen LogP) is 3.60. The molecule has 2 aliphatic heterocycles. The molecule has 1 aromatic carbocycles. The predicted molar refractivity (Wildman–Crippen MR) is 131 cm³/mol. The summed E-state index contributed by atoms with van der Waals surface area (Å²) < 4.78 is 0. The number of hydrogen-bond donors (Lipinski definition) is 4. The van der Waals surface area contributed by atoms with Gasteiger partial charge in [-0.15, -0.1) is 23.1 Å². The van der Waals surface area contributed by atoms with E-state index in [1.165, 1.54) is 23.1 Å². The van der Waals surface area contributed by atoms with Crippen LogP contribution in [0.2, 0.25) is 0 Å². The van der Waals surface area contributed by atoms with Gasteiger partial charge in [-0.3, -0.25) is 9.59 Å². The highest BCUT2D eigenvalue weighted by Gasteiger charge is 2.31. The van der Waals surface area contributed by atoms with Crippen molar-refractivity contribution in [1.29, 1.82) is 0 Å². The lowest BCUT2D eigenvalue weighted by atomic mass is 9.86. The lowest BCUT2D eigenvalue weighted by Gasteiger charge is -2.40. The molecule has 0 saturated carbocycles. The number of thioether (sulfide) groups is 1. The number of carbonyl (C=O) groups excluding carboxylic acids is 1. The van der Waals surface area contributed by atoms with E-state index in [1.807, 2.05) is 24.3 Å². The molecule has 2 aliphatic rings. The highest BCUT2D eigenvalue weighted by atomic mass is 32.2. The van der Waals surface area contributed by atoms with Crippen LogP contribution in [0, 0.1) is 0 Å². The maximum atomic E-state index is 12.9. The number of hydrogen-bond acceptors (Lipinski definition) is 8. The Bertz CT molecular complexity index is 1020. The molecule has 10 heteroatoms. The standard InChI is InChI=1S/C22H27N5O3S2/c1-2-22(23)8-10-27(11-9-22)17-6-4-3-5-14(17)24-19(28)16-13-32-21(26-16)25-15-7-12-31-18(15)20(29)30/h3-7,12-13,15,18H,2,8-11,23H2,1H3,(H,24,28)(H,25,26)(H,29,30). The summed E-state index contributed by atoms with van der Waals surface area (Å²) in [7, 11) is 0. The van der Waals surface area contributed by atoms with Crippen molar-refractivity contribution in [3.05, 3.63) is 46.8 Å². The van der Waals surface area contributed by atoms with Crippen molar-refractivity contribution in [2.75, 3.05) is 28.6 Å². The van der Waals surface area contributed by atoms with Crippen LogP contribution in [0.15, 0.2) is 41.1 Å². The van der Waals surface area contributed by atoms with Gasteiger partial charge in [-0.1, -0.05) is 25.1 Å². The Morgan fingerprint density at radius 1 is 1.31 bits per heavy atom. The van der Waals surface area contributed by atoms with Crippen LogP contribution in [0.3, 0.4) is 0 Å². The molecule has 1 fully saturated rings. The van der Waals surface area contributed by atoms with Gasteiger partial charge in [-0.05, 0) is 36.8 Å². The maximum absolute atomic E-state index is 12.9. The number of aliphatic carboxylic acids is 1. The van der Waals surface area contributed by atoms with Crippen molar-refractivity contribution in [3.8, 4) is 0 Å². The van der Waals surface area contributed by atoms with Gasteiger partial charge in [0.2, 0.25) is 0 Å². The molecule has 0 aliphatic carbocycles. The molecule has 0 bridgehead atoms. The Kier molecular flexibility index (Phi) is 6.73. The molecule has 2 atom stereocenters. The molecule has 1 saturated heterocycles. The lowest BCUT2D eigenvalue weighted by Crippen LogP contribution is -2.50. The zero-order chi connectivity index (χ0) is 22.7. The molecular weight excluding hydrogens is 446 g/mol. The fourth-order valence-corrected chi connectivity index (χ4v) is 5.52. The summed E-state index contributed by atoms with van der Waals surface area (Å²) in [4.78, 5) is 30.8. The molecule has 8 nitrogen and oxygen atoms in total. The smallest absolute Gasteiger partial charge is 0.319 e. The van der Waals surface area contributed by atoms with Gasteiger partial charge >= 0.3 is 5.97 Å². The second kappa shape index (κ2) is 9.51. The number of para-hydroxylation sites is 2. The van der Waals surface area contributed by atoms with Crippen molar-refractivity contribution in [2.45, 2.75) is 43.0 Å². The minimum Gasteiger partial charge on any atom is -0.480 e. The van der Waals surface area contributed by atoms with E-state index in [4.69, 9.17) is 5.73 Å². The summed E-state index contributed by atoms with van der Waals surface area (Å²) in [5.74, 6) is -1.18. The van der Waals surface area contributed by atoms with E-state index in [9.17, 15) is 14.7 Å². The summed E-state index contributed by atoms with van der Waals surface area (Å²) >= 11 is 2.53.